The van der Waals surface area contributed by atoms with Crippen molar-refractivity contribution in [1.82, 2.24) is 9.55 Å². The van der Waals surface area contributed by atoms with Crippen molar-refractivity contribution in [2.24, 2.45) is 0 Å². The van der Waals surface area contributed by atoms with Crippen LogP contribution in [0.25, 0.3) is 137 Å². The zero-order valence-corrected chi connectivity index (χ0v) is 36.5. The first-order chi connectivity index (χ1) is 33.3. The summed E-state index contributed by atoms with van der Waals surface area (Å²) in [5, 5.41) is 15.9. The van der Waals surface area contributed by atoms with Gasteiger partial charge in [-0.15, -0.1) is 0 Å². The van der Waals surface area contributed by atoms with E-state index >= 15 is 0 Å². The maximum Gasteiger partial charge on any atom is 0.0788 e. The lowest BCUT2D eigenvalue weighted by atomic mass is 9.83. The number of pyridine rings is 1. The molecule has 0 saturated heterocycles. The van der Waals surface area contributed by atoms with E-state index in [1.807, 2.05) is 0 Å². The van der Waals surface area contributed by atoms with Crippen LogP contribution in [-0.4, -0.2) is 9.55 Å². The van der Waals surface area contributed by atoms with Gasteiger partial charge in [-0.05, 0) is 119 Å². The fourth-order valence-corrected chi connectivity index (χ4v) is 11.2. The normalized spacial score (nSPS) is 11.9. The second-order valence-corrected chi connectivity index (χ2v) is 17.7. The van der Waals surface area contributed by atoms with Gasteiger partial charge in [-0.2, -0.15) is 0 Å². The van der Waals surface area contributed by atoms with Crippen LogP contribution < -0.4 is 0 Å². The fraction of sp³-hybridized carbons (Fsp3) is 0. The number of nitrogens with zero attached hydrogens (tertiary/aromatic N) is 2. The molecule has 0 spiro atoms. The predicted molar refractivity (Wildman–Crippen MR) is 285 cm³/mol. The summed E-state index contributed by atoms with van der Waals surface area (Å²) in [7, 11) is 0. The van der Waals surface area contributed by atoms with Crippen LogP contribution in [0.4, 0.5) is 0 Å². The maximum atomic E-state index is 5.49. The first kappa shape index (κ1) is 37.5. The summed E-state index contributed by atoms with van der Waals surface area (Å²) in [5.74, 6) is 0. The molecule has 0 bridgehead atoms. The minimum atomic E-state index is 0.982. The standard InChI is InChI=1S/C65H40N2/c1-2-23-46(24-3-1)67-59-34-13-11-30-55(59)64-60(67)38-37-56-63(64)54-29-10-12-33-58(54)66-65(56)45-22-14-21-43(39-45)44-35-36-53-57(40-44)62(50-32-16-20-42-18-5-7-26-48(42)50)52-28-9-8-27-51(52)61(53)49-31-15-19-41-17-4-6-25-47(41)49/h1-40H. The van der Waals surface area contributed by atoms with E-state index in [9.17, 15) is 0 Å². The van der Waals surface area contributed by atoms with Crippen molar-refractivity contribution in [3.63, 3.8) is 0 Å². The molecule has 2 heteroatoms. The molecule has 2 nitrogen and oxygen atoms in total. The van der Waals surface area contributed by atoms with Gasteiger partial charge in [0.2, 0.25) is 0 Å². The van der Waals surface area contributed by atoms with Gasteiger partial charge in [-0.3, -0.25) is 0 Å². The first-order valence-electron chi connectivity index (χ1n) is 23.1. The van der Waals surface area contributed by atoms with Gasteiger partial charge in [-0.25, -0.2) is 4.98 Å². The summed E-state index contributed by atoms with van der Waals surface area (Å²) in [6, 6.07) is 89.0. The molecule has 0 saturated carbocycles. The summed E-state index contributed by atoms with van der Waals surface area (Å²) in [6.45, 7) is 0. The van der Waals surface area contributed by atoms with Crippen molar-refractivity contribution in [2.45, 2.75) is 0 Å². The Labute approximate surface area is 387 Å². The molecule has 310 valence electrons. The highest BCUT2D eigenvalue weighted by molar-refractivity contribution is 6.30. The smallest absolute Gasteiger partial charge is 0.0788 e. The SMILES string of the molecule is c1ccc(-n2c3ccccc3c3c4c(ccc32)c(-c2cccc(-c3ccc5c(-c6cccc7ccccc67)c6ccccc6c(-c6cccc7ccccc67)c5c3)c2)nc2ccccc24)cc1. The summed E-state index contributed by atoms with van der Waals surface area (Å²) in [5.41, 5.74) is 13.9. The third kappa shape index (κ3) is 5.73. The second kappa shape index (κ2) is 14.9. The van der Waals surface area contributed by atoms with E-state index < -0.39 is 0 Å². The molecule has 12 aromatic carbocycles. The average molecular weight is 849 g/mol. The lowest BCUT2D eigenvalue weighted by Crippen LogP contribution is -1.94. The average Bonchev–Trinajstić information content (AvgIpc) is 3.74. The summed E-state index contributed by atoms with van der Waals surface area (Å²) >= 11 is 0. The highest BCUT2D eigenvalue weighted by Crippen LogP contribution is 2.48. The number of aromatic nitrogens is 2. The van der Waals surface area contributed by atoms with E-state index in [0.717, 1.165) is 44.4 Å². The van der Waals surface area contributed by atoms with Crippen LogP contribution in [0, 0.1) is 0 Å². The minimum absolute atomic E-state index is 0.982. The van der Waals surface area contributed by atoms with Gasteiger partial charge in [0, 0.05) is 38.2 Å². The lowest BCUT2D eigenvalue weighted by Gasteiger charge is -2.20. The van der Waals surface area contributed by atoms with Crippen molar-refractivity contribution in [2.75, 3.05) is 0 Å². The Hall–Kier alpha value is -8.85. The van der Waals surface area contributed by atoms with Gasteiger partial charge in [-0.1, -0.05) is 200 Å². The number of benzene rings is 12. The van der Waals surface area contributed by atoms with Crippen molar-refractivity contribution in [1.29, 1.82) is 0 Å². The Balaban J connectivity index is 1.03. The molecule has 0 amide bonds. The number of hydrogen-bond acceptors (Lipinski definition) is 1. The van der Waals surface area contributed by atoms with Crippen molar-refractivity contribution in [3.8, 4) is 50.3 Å². The Morgan fingerprint density at radius 1 is 0.284 bits per heavy atom. The number of fused-ring (bicyclic) bond motifs is 11. The van der Waals surface area contributed by atoms with E-state index in [4.69, 9.17) is 4.98 Å². The molecule has 0 atom stereocenters. The van der Waals surface area contributed by atoms with Gasteiger partial charge in [0.15, 0.2) is 0 Å². The van der Waals surface area contributed by atoms with E-state index in [-0.39, 0.29) is 0 Å². The Bertz CT molecular complexity index is 4320. The van der Waals surface area contributed by atoms with E-state index in [2.05, 4.69) is 247 Å². The first-order valence-corrected chi connectivity index (χ1v) is 23.1. The fourth-order valence-electron chi connectivity index (χ4n) is 11.2. The van der Waals surface area contributed by atoms with Crippen LogP contribution in [0.2, 0.25) is 0 Å². The summed E-state index contributed by atoms with van der Waals surface area (Å²) in [4.78, 5) is 5.49. The van der Waals surface area contributed by atoms with Gasteiger partial charge in [0.05, 0.1) is 22.2 Å². The zero-order chi connectivity index (χ0) is 44.0. The third-order valence-electron chi connectivity index (χ3n) is 14.1. The maximum absolute atomic E-state index is 5.49. The van der Waals surface area contributed by atoms with Crippen LogP contribution in [0.15, 0.2) is 243 Å². The topological polar surface area (TPSA) is 17.8 Å². The monoisotopic (exact) mass is 848 g/mol. The second-order valence-electron chi connectivity index (χ2n) is 17.7. The van der Waals surface area contributed by atoms with Crippen molar-refractivity contribution < 1.29 is 0 Å². The van der Waals surface area contributed by atoms with Crippen molar-refractivity contribution in [3.05, 3.63) is 243 Å². The largest absolute Gasteiger partial charge is 0.309 e. The quantitative estimate of drug-likeness (QED) is 0.125. The lowest BCUT2D eigenvalue weighted by molar-refractivity contribution is 1.18. The molecule has 0 aliphatic heterocycles. The Kier molecular flexibility index (Phi) is 8.32. The molecule has 14 rings (SSSR count). The predicted octanol–water partition coefficient (Wildman–Crippen LogP) is 17.8. The molecular formula is C65H40N2. The molecular weight excluding hydrogens is 809 g/mol. The highest BCUT2D eigenvalue weighted by atomic mass is 15.0. The molecule has 0 aliphatic carbocycles. The molecule has 0 unspecified atom stereocenters. The van der Waals surface area contributed by atoms with Crippen LogP contribution in [-0.2, 0) is 0 Å². The number of hydrogen-bond donors (Lipinski definition) is 0. The van der Waals surface area contributed by atoms with E-state index in [1.165, 1.54) is 92.5 Å². The molecule has 0 N–H and O–H groups in total. The third-order valence-corrected chi connectivity index (χ3v) is 14.1. The van der Waals surface area contributed by atoms with E-state index in [0.29, 0.717) is 0 Å². The van der Waals surface area contributed by atoms with E-state index in [1.54, 1.807) is 0 Å². The Morgan fingerprint density at radius 3 is 1.54 bits per heavy atom. The molecule has 67 heavy (non-hydrogen) atoms. The van der Waals surface area contributed by atoms with Gasteiger partial charge >= 0.3 is 0 Å². The van der Waals surface area contributed by atoms with Crippen LogP contribution in [0.3, 0.4) is 0 Å². The van der Waals surface area contributed by atoms with Crippen LogP contribution in [0.1, 0.15) is 0 Å². The van der Waals surface area contributed by atoms with Gasteiger partial charge in [0.1, 0.15) is 0 Å². The van der Waals surface area contributed by atoms with Crippen LogP contribution in [0.5, 0.6) is 0 Å². The molecule has 0 radical (unpaired) electrons. The zero-order valence-electron chi connectivity index (χ0n) is 36.5. The highest BCUT2D eigenvalue weighted by Gasteiger charge is 2.22. The Morgan fingerprint density at radius 2 is 0.806 bits per heavy atom. The molecule has 0 fully saturated rings. The minimum Gasteiger partial charge on any atom is -0.309 e. The molecule has 0 aliphatic rings. The van der Waals surface area contributed by atoms with Crippen LogP contribution >= 0.6 is 0 Å². The molecule has 14 aromatic rings. The summed E-state index contributed by atoms with van der Waals surface area (Å²) in [6.07, 6.45) is 0. The molecule has 2 heterocycles. The van der Waals surface area contributed by atoms with Gasteiger partial charge < -0.3 is 4.57 Å². The summed E-state index contributed by atoms with van der Waals surface area (Å²) < 4.78 is 2.40. The number of rotatable bonds is 5. The molecule has 2 aromatic heterocycles. The van der Waals surface area contributed by atoms with Crippen molar-refractivity contribution >= 4 is 86.6 Å². The van der Waals surface area contributed by atoms with Gasteiger partial charge in [0.25, 0.3) is 0 Å². The number of para-hydroxylation sites is 3.